The molecule has 0 saturated carbocycles. The van der Waals surface area contributed by atoms with Crippen LogP contribution in [0.5, 0.6) is 0 Å². The smallest absolute Gasteiger partial charge is 0.251 e. The van der Waals surface area contributed by atoms with E-state index < -0.39 is 0 Å². The molecular weight excluding hydrogens is 338 g/mol. The molecule has 0 spiro atoms. The molecule has 1 aromatic heterocycles. The van der Waals surface area contributed by atoms with Gasteiger partial charge in [-0.2, -0.15) is 0 Å². The molecule has 0 bridgehead atoms. The number of carbonyl (C=O) groups is 1. The monoisotopic (exact) mass is 363 g/mol. The van der Waals surface area contributed by atoms with Crippen molar-refractivity contribution < 1.29 is 9.21 Å². The van der Waals surface area contributed by atoms with Crippen LogP contribution in [0.25, 0.3) is 22.3 Å². The highest BCUT2D eigenvalue weighted by molar-refractivity contribution is 5.94. The number of rotatable bonds is 5. The van der Waals surface area contributed by atoms with Gasteiger partial charge in [0.2, 0.25) is 0 Å². The molecule has 0 radical (unpaired) electrons. The summed E-state index contributed by atoms with van der Waals surface area (Å²) in [5, 5.41) is 3.52. The molecule has 0 fully saturated rings. The van der Waals surface area contributed by atoms with E-state index in [0.717, 1.165) is 23.1 Å². The van der Waals surface area contributed by atoms with Crippen molar-refractivity contribution in [2.24, 2.45) is 5.92 Å². The maximum atomic E-state index is 12.5. The molecule has 4 heteroatoms. The van der Waals surface area contributed by atoms with Crippen LogP contribution in [-0.2, 0) is 0 Å². The lowest BCUT2D eigenvalue weighted by atomic mass is 10.1. The molecular formula is C23H25NO3. The molecule has 1 amide bonds. The lowest BCUT2D eigenvalue weighted by Crippen LogP contribution is -2.25. The SMILES string of the molecule is Cc1cc(C)c2oc(-c3ccc(C(=O)NCCC(C)C)cc3)cc(=O)c2c1. The van der Waals surface area contributed by atoms with Crippen LogP contribution in [0.3, 0.4) is 0 Å². The van der Waals surface area contributed by atoms with Gasteiger partial charge in [0.1, 0.15) is 11.3 Å². The molecule has 27 heavy (non-hydrogen) atoms. The summed E-state index contributed by atoms with van der Waals surface area (Å²) >= 11 is 0. The fourth-order valence-corrected chi connectivity index (χ4v) is 3.11. The molecule has 0 saturated heterocycles. The first-order valence-electron chi connectivity index (χ1n) is 9.29. The van der Waals surface area contributed by atoms with Crippen molar-refractivity contribution in [1.82, 2.24) is 5.32 Å². The standard InChI is InChI=1S/C23H25NO3/c1-14(2)9-10-24-23(26)18-7-5-17(6-8-18)21-13-20(25)19-12-15(3)11-16(4)22(19)27-21/h5-8,11-14H,9-10H2,1-4H3,(H,24,26). The second kappa shape index (κ2) is 7.78. The average Bonchev–Trinajstić information content (AvgIpc) is 2.62. The van der Waals surface area contributed by atoms with Crippen molar-refractivity contribution >= 4 is 16.9 Å². The fourth-order valence-electron chi connectivity index (χ4n) is 3.11. The first kappa shape index (κ1) is 18.9. The van der Waals surface area contributed by atoms with Crippen LogP contribution in [-0.4, -0.2) is 12.5 Å². The molecule has 0 aliphatic rings. The van der Waals surface area contributed by atoms with Crippen LogP contribution in [0, 0.1) is 19.8 Å². The van der Waals surface area contributed by atoms with Gasteiger partial charge in [0.15, 0.2) is 5.43 Å². The summed E-state index contributed by atoms with van der Waals surface area (Å²) in [5.41, 5.74) is 3.88. The topological polar surface area (TPSA) is 59.3 Å². The summed E-state index contributed by atoms with van der Waals surface area (Å²) in [5.74, 6) is 0.968. The number of fused-ring (bicyclic) bond motifs is 1. The molecule has 2 aromatic carbocycles. The van der Waals surface area contributed by atoms with E-state index in [-0.39, 0.29) is 11.3 Å². The van der Waals surface area contributed by atoms with Crippen LogP contribution in [0.15, 0.2) is 51.7 Å². The summed E-state index contributed by atoms with van der Waals surface area (Å²) in [6.07, 6.45) is 0.949. The lowest BCUT2D eigenvalue weighted by molar-refractivity contribution is 0.0952. The second-order valence-corrected chi connectivity index (χ2v) is 7.45. The quantitative estimate of drug-likeness (QED) is 0.705. The Balaban J connectivity index is 1.87. The fraction of sp³-hybridized carbons (Fsp3) is 0.304. The summed E-state index contributed by atoms with van der Waals surface area (Å²) in [4.78, 5) is 24.7. The molecule has 0 unspecified atom stereocenters. The van der Waals surface area contributed by atoms with Crippen molar-refractivity contribution in [3.63, 3.8) is 0 Å². The number of amides is 1. The first-order valence-corrected chi connectivity index (χ1v) is 9.29. The van der Waals surface area contributed by atoms with Gasteiger partial charge in [0.05, 0.1) is 5.39 Å². The first-order chi connectivity index (χ1) is 12.8. The molecule has 1 N–H and O–H groups in total. The number of benzene rings is 2. The van der Waals surface area contributed by atoms with Gasteiger partial charge in [-0.25, -0.2) is 0 Å². The Kier molecular flexibility index (Phi) is 5.45. The van der Waals surface area contributed by atoms with E-state index in [1.165, 1.54) is 6.07 Å². The van der Waals surface area contributed by atoms with Gasteiger partial charge in [-0.1, -0.05) is 32.0 Å². The predicted molar refractivity (Wildman–Crippen MR) is 109 cm³/mol. The molecule has 3 aromatic rings. The Labute approximate surface area is 159 Å². The molecule has 140 valence electrons. The molecule has 0 aliphatic heterocycles. The van der Waals surface area contributed by atoms with Crippen LogP contribution in [0.1, 0.15) is 41.8 Å². The van der Waals surface area contributed by atoms with Crippen molar-refractivity contribution in [2.75, 3.05) is 6.54 Å². The number of hydrogen-bond acceptors (Lipinski definition) is 3. The van der Waals surface area contributed by atoms with Gasteiger partial charge in [-0.05, 0) is 55.5 Å². The second-order valence-electron chi connectivity index (χ2n) is 7.45. The van der Waals surface area contributed by atoms with Crippen molar-refractivity contribution in [1.29, 1.82) is 0 Å². The third-order valence-corrected chi connectivity index (χ3v) is 4.60. The largest absolute Gasteiger partial charge is 0.456 e. The summed E-state index contributed by atoms with van der Waals surface area (Å²) < 4.78 is 6.01. The van der Waals surface area contributed by atoms with E-state index in [2.05, 4.69) is 19.2 Å². The van der Waals surface area contributed by atoms with E-state index >= 15 is 0 Å². The highest BCUT2D eigenvalue weighted by Crippen LogP contribution is 2.25. The van der Waals surface area contributed by atoms with Crippen molar-refractivity contribution in [3.05, 3.63) is 69.4 Å². The van der Waals surface area contributed by atoms with Crippen LogP contribution in [0.2, 0.25) is 0 Å². The molecule has 4 nitrogen and oxygen atoms in total. The lowest BCUT2D eigenvalue weighted by Gasteiger charge is -2.09. The molecule has 3 rings (SSSR count). The van der Waals surface area contributed by atoms with Gasteiger partial charge >= 0.3 is 0 Å². The minimum Gasteiger partial charge on any atom is -0.456 e. The zero-order valence-corrected chi connectivity index (χ0v) is 16.3. The van der Waals surface area contributed by atoms with Crippen LogP contribution < -0.4 is 10.7 Å². The van der Waals surface area contributed by atoms with E-state index in [9.17, 15) is 9.59 Å². The zero-order chi connectivity index (χ0) is 19.6. The van der Waals surface area contributed by atoms with Gasteiger partial charge < -0.3 is 9.73 Å². The minimum absolute atomic E-state index is 0.0615. The Bertz CT molecular complexity index is 1030. The number of aryl methyl sites for hydroxylation is 2. The van der Waals surface area contributed by atoms with E-state index in [0.29, 0.717) is 34.8 Å². The zero-order valence-electron chi connectivity index (χ0n) is 16.3. The third kappa shape index (κ3) is 4.27. The van der Waals surface area contributed by atoms with Gasteiger partial charge in [-0.15, -0.1) is 0 Å². The summed E-state index contributed by atoms with van der Waals surface area (Å²) in [7, 11) is 0. The highest BCUT2D eigenvalue weighted by atomic mass is 16.3. The van der Waals surface area contributed by atoms with Gasteiger partial charge in [0, 0.05) is 23.7 Å². The van der Waals surface area contributed by atoms with Crippen molar-refractivity contribution in [3.8, 4) is 11.3 Å². The van der Waals surface area contributed by atoms with Gasteiger partial charge in [0.25, 0.3) is 5.91 Å². The maximum absolute atomic E-state index is 12.5. The third-order valence-electron chi connectivity index (χ3n) is 4.60. The number of carbonyl (C=O) groups excluding carboxylic acids is 1. The Morgan fingerprint density at radius 2 is 1.78 bits per heavy atom. The average molecular weight is 363 g/mol. The minimum atomic E-state index is -0.0894. The molecule has 0 atom stereocenters. The number of nitrogens with one attached hydrogen (secondary N) is 1. The van der Waals surface area contributed by atoms with E-state index in [1.54, 1.807) is 12.1 Å². The van der Waals surface area contributed by atoms with E-state index in [1.807, 2.05) is 38.1 Å². The molecule has 1 heterocycles. The highest BCUT2D eigenvalue weighted by Gasteiger charge is 2.11. The Hall–Kier alpha value is -2.88. The van der Waals surface area contributed by atoms with Crippen molar-refractivity contribution in [2.45, 2.75) is 34.1 Å². The molecule has 0 aliphatic carbocycles. The predicted octanol–water partition coefficient (Wildman–Crippen LogP) is 4.85. The van der Waals surface area contributed by atoms with E-state index in [4.69, 9.17) is 4.42 Å². The Morgan fingerprint density at radius 3 is 2.44 bits per heavy atom. The number of hydrogen-bond donors (Lipinski definition) is 1. The van der Waals surface area contributed by atoms with Crippen LogP contribution in [0.4, 0.5) is 0 Å². The Morgan fingerprint density at radius 1 is 1.07 bits per heavy atom. The summed E-state index contributed by atoms with van der Waals surface area (Å²) in [6, 6.07) is 12.5. The van der Waals surface area contributed by atoms with Gasteiger partial charge in [-0.3, -0.25) is 9.59 Å². The normalized spacial score (nSPS) is 11.1. The maximum Gasteiger partial charge on any atom is 0.251 e. The summed E-state index contributed by atoms with van der Waals surface area (Å²) in [6.45, 7) is 8.82. The van der Waals surface area contributed by atoms with Crippen LogP contribution >= 0.6 is 0 Å².